The molecule has 0 atom stereocenters. The Hall–Kier alpha value is -2.29. The molecule has 0 saturated heterocycles. The van der Waals surface area contributed by atoms with Gasteiger partial charge < -0.3 is 4.74 Å². The monoisotopic (exact) mass is 295 g/mol. The van der Waals surface area contributed by atoms with Gasteiger partial charge >= 0.3 is 0 Å². The zero-order valence-electron chi connectivity index (χ0n) is 13.5. The smallest absolute Gasteiger partial charge is 0.287 e. The van der Waals surface area contributed by atoms with Crippen molar-refractivity contribution in [2.45, 2.75) is 26.8 Å². The van der Waals surface area contributed by atoms with Crippen LogP contribution in [0.25, 0.3) is 22.4 Å². The zero-order valence-corrected chi connectivity index (χ0v) is 13.5. The molecule has 0 saturated carbocycles. The Labute approximate surface area is 131 Å². The van der Waals surface area contributed by atoms with E-state index >= 15 is 0 Å². The van der Waals surface area contributed by atoms with Gasteiger partial charge in [0.25, 0.3) is 5.82 Å². The van der Waals surface area contributed by atoms with Crippen LogP contribution in [0.1, 0.15) is 20.3 Å². The van der Waals surface area contributed by atoms with Gasteiger partial charge in [-0.15, -0.1) is 0 Å². The van der Waals surface area contributed by atoms with Crippen LogP contribution in [-0.4, -0.2) is 12.1 Å². The first-order chi connectivity index (χ1) is 10.7. The standard InChI is InChI=1S/C19H22N2O/c1-14(2)12-13-21-18-7-5-4-6-17(18)20-19(21)15-8-10-16(22-3)11-9-15/h4-11,14H,12-13H2,1-3H3/p+1. The molecule has 3 heteroatoms. The van der Waals surface area contributed by atoms with E-state index in [-0.39, 0.29) is 0 Å². The fourth-order valence-electron chi connectivity index (χ4n) is 2.73. The third-order valence-electron chi connectivity index (χ3n) is 4.01. The molecule has 0 aliphatic carbocycles. The first kappa shape index (κ1) is 14.6. The van der Waals surface area contributed by atoms with Crippen LogP contribution in [-0.2, 0) is 6.54 Å². The van der Waals surface area contributed by atoms with Crippen molar-refractivity contribution in [2.24, 2.45) is 5.92 Å². The average Bonchev–Trinajstić information content (AvgIpc) is 2.91. The first-order valence-corrected chi connectivity index (χ1v) is 7.84. The molecular weight excluding hydrogens is 272 g/mol. The lowest BCUT2D eigenvalue weighted by Gasteiger charge is -2.05. The Kier molecular flexibility index (Phi) is 4.14. The summed E-state index contributed by atoms with van der Waals surface area (Å²) in [5.74, 6) is 2.72. The zero-order chi connectivity index (χ0) is 15.5. The molecule has 0 aliphatic rings. The maximum atomic E-state index is 5.26. The summed E-state index contributed by atoms with van der Waals surface area (Å²) in [4.78, 5) is 3.56. The molecule has 1 N–H and O–H groups in total. The summed E-state index contributed by atoms with van der Waals surface area (Å²) in [6.45, 7) is 5.55. The van der Waals surface area contributed by atoms with E-state index < -0.39 is 0 Å². The summed E-state index contributed by atoms with van der Waals surface area (Å²) in [7, 11) is 1.70. The quantitative estimate of drug-likeness (QED) is 0.703. The van der Waals surface area contributed by atoms with Crippen molar-refractivity contribution in [3.05, 3.63) is 48.5 Å². The number of hydrogen-bond acceptors (Lipinski definition) is 1. The van der Waals surface area contributed by atoms with Gasteiger partial charge in [-0.1, -0.05) is 26.0 Å². The summed E-state index contributed by atoms with van der Waals surface area (Å²) < 4.78 is 7.64. The summed E-state index contributed by atoms with van der Waals surface area (Å²) in [6.07, 6.45) is 1.16. The number of aryl methyl sites for hydroxylation is 1. The van der Waals surface area contributed by atoms with Crippen LogP contribution in [0.5, 0.6) is 5.75 Å². The molecule has 3 rings (SSSR count). The van der Waals surface area contributed by atoms with Crippen molar-refractivity contribution in [3.8, 4) is 17.1 Å². The normalized spacial score (nSPS) is 11.3. The fraction of sp³-hybridized carbons (Fsp3) is 0.316. The number of nitrogens with one attached hydrogen (secondary N) is 1. The topological polar surface area (TPSA) is 28.9 Å². The molecule has 2 aromatic carbocycles. The predicted molar refractivity (Wildman–Crippen MR) is 89.9 cm³/mol. The molecule has 0 aliphatic heterocycles. The minimum atomic E-state index is 0.685. The van der Waals surface area contributed by atoms with E-state index in [1.54, 1.807) is 7.11 Å². The molecule has 0 bridgehead atoms. The molecule has 0 radical (unpaired) electrons. The highest BCUT2D eigenvalue weighted by atomic mass is 16.5. The van der Waals surface area contributed by atoms with Gasteiger partial charge in [-0.3, -0.25) is 0 Å². The van der Waals surface area contributed by atoms with E-state index in [1.807, 2.05) is 12.1 Å². The number of aromatic amines is 1. The molecule has 0 unspecified atom stereocenters. The summed E-state index contributed by atoms with van der Waals surface area (Å²) in [6, 6.07) is 16.7. The third-order valence-corrected chi connectivity index (χ3v) is 4.01. The van der Waals surface area contributed by atoms with Gasteiger partial charge in [-0.25, -0.2) is 9.55 Å². The van der Waals surface area contributed by atoms with E-state index in [1.165, 1.54) is 16.6 Å². The minimum Gasteiger partial charge on any atom is -0.497 e. The fourth-order valence-corrected chi connectivity index (χ4v) is 2.73. The predicted octanol–water partition coefficient (Wildman–Crippen LogP) is 4.18. The molecule has 1 heterocycles. The number of rotatable bonds is 5. The number of hydrogen-bond donors (Lipinski definition) is 1. The van der Waals surface area contributed by atoms with Crippen molar-refractivity contribution >= 4 is 11.0 Å². The Morgan fingerprint density at radius 1 is 1.05 bits per heavy atom. The molecule has 1 aromatic heterocycles. The highest BCUT2D eigenvalue weighted by Crippen LogP contribution is 2.22. The number of nitrogens with zero attached hydrogens (tertiary/aromatic N) is 1. The van der Waals surface area contributed by atoms with Crippen LogP contribution in [0.3, 0.4) is 0 Å². The van der Waals surface area contributed by atoms with Crippen molar-refractivity contribution in [3.63, 3.8) is 0 Å². The molecule has 3 aromatic rings. The van der Waals surface area contributed by atoms with Gasteiger partial charge in [0.1, 0.15) is 5.75 Å². The van der Waals surface area contributed by atoms with E-state index in [9.17, 15) is 0 Å². The molecule has 0 fully saturated rings. The lowest BCUT2D eigenvalue weighted by molar-refractivity contribution is -0.661. The number of H-pyrrole nitrogens is 1. The Morgan fingerprint density at radius 3 is 2.45 bits per heavy atom. The molecular formula is C19H23N2O+. The van der Waals surface area contributed by atoms with E-state index in [2.05, 4.69) is 59.8 Å². The van der Waals surface area contributed by atoms with Gasteiger partial charge in [0.15, 0.2) is 11.0 Å². The van der Waals surface area contributed by atoms with Crippen LogP contribution >= 0.6 is 0 Å². The van der Waals surface area contributed by atoms with E-state index in [0.717, 1.165) is 24.5 Å². The summed E-state index contributed by atoms with van der Waals surface area (Å²) >= 11 is 0. The number of methoxy groups -OCH3 is 1. The highest BCUT2D eigenvalue weighted by Gasteiger charge is 2.19. The first-order valence-electron chi connectivity index (χ1n) is 7.84. The number of benzene rings is 2. The van der Waals surface area contributed by atoms with Crippen LogP contribution < -0.4 is 9.30 Å². The SMILES string of the molecule is COc1ccc(-c2[nH]c3ccccc3[n+]2CCC(C)C)cc1. The molecule has 22 heavy (non-hydrogen) atoms. The van der Waals surface area contributed by atoms with Gasteiger partial charge in [0.2, 0.25) is 0 Å². The van der Waals surface area contributed by atoms with Crippen molar-refractivity contribution in [1.82, 2.24) is 4.98 Å². The largest absolute Gasteiger partial charge is 0.497 e. The van der Waals surface area contributed by atoms with Gasteiger partial charge in [-0.05, 0) is 48.7 Å². The van der Waals surface area contributed by atoms with E-state index in [0.29, 0.717) is 5.92 Å². The van der Waals surface area contributed by atoms with Crippen LogP contribution in [0.2, 0.25) is 0 Å². The van der Waals surface area contributed by atoms with Crippen LogP contribution in [0, 0.1) is 5.92 Å². The molecule has 0 amide bonds. The Balaban J connectivity index is 2.08. The summed E-state index contributed by atoms with van der Waals surface area (Å²) in [5.41, 5.74) is 3.62. The van der Waals surface area contributed by atoms with Crippen molar-refractivity contribution < 1.29 is 9.30 Å². The number of fused-ring (bicyclic) bond motifs is 1. The van der Waals surface area contributed by atoms with Crippen LogP contribution in [0.15, 0.2) is 48.5 Å². The second-order valence-electron chi connectivity index (χ2n) is 6.05. The maximum absolute atomic E-state index is 5.26. The lowest BCUT2D eigenvalue weighted by Crippen LogP contribution is -2.35. The second-order valence-corrected chi connectivity index (χ2v) is 6.05. The molecule has 114 valence electrons. The second kappa shape index (κ2) is 6.22. The number of imidazole rings is 1. The minimum absolute atomic E-state index is 0.685. The van der Waals surface area contributed by atoms with Crippen molar-refractivity contribution in [2.75, 3.05) is 7.11 Å². The van der Waals surface area contributed by atoms with Gasteiger partial charge in [0.05, 0.1) is 19.2 Å². The number of aromatic nitrogens is 2. The third kappa shape index (κ3) is 2.84. The average molecular weight is 295 g/mol. The molecule has 0 spiro atoms. The Morgan fingerprint density at radius 2 is 1.77 bits per heavy atom. The van der Waals surface area contributed by atoms with Gasteiger partial charge in [-0.2, -0.15) is 0 Å². The molecule has 3 nitrogen and oxygen atoms in total. The summed E-state index contributed by atoms with van der Waals surface area (Å²) in [5, 5.41) is 0. The van der Waals surface area contributed by atoms with Crippen molar-refractivity contribution in [1.29, 1.82) is 0 Å². The Bertz CT molecular complexity index is 757. The number of ether oxygens (including phenoxy) is 1. The van der Waals surface area contributed by atoms with Crippen LogP contribution in [0.4, 0.5) is 0 Å². The van der Waals surface area contributed by atoms with E-state index in [4.69, 9.17) is 4.74 Å². The highest BCUT2D eigenvalue weighted by molar-refractivity contribution is 5.74. The maximum Gasteiger partial charge on any atom is 0.287 e. The lowest BCUT2D eigenvalue weighted by atomic mass is 10.1. The van der Waals surface area contributed by atoms with Gasteiger partial charge in [0, 0.05) is 0 Å². The number of para-hydroxylation sites is 2.